The molecule has 3 N–H and O–H groups in total. The van der Waals surface area contributed by atoms with Crippen molar-refractivity contribution in [2.75, 3.05) is 13.2 Å². The van der Waals surface area contributed by atoms with Gasteiger partial charge in [0.1, 0.15) is 5.71 Å². The molecule has 1 aliphatic carbocycles. The summed E-state index contributed by atoms with van der Waals surface area (Å²) in [5, 5.41) is 29.6. The summed E-state index contributed by atoms with van der Waals surface area (Å²) < 4.78 is 0. The van der Waals surface area contributed by atoms with Gasteiger partial charge in [0, 0.05) is 13.2 Å². The van der Waals surface area contributed by atoms with E-state index in [2.05, 4.69) is 5.16 Å². The first-order chi connectivity index (χ1) is 6.83. The Morgan fingerprint density at radius 3 is 2.50 bits per heavy atom. The molecule has 4 nitrogen and oxygen atoms in total. The van der Waals surface area contributed by atoms with E-state index >= 15 is 0 Å². The molecule has 0 aromatic carbocycles. The highest BCUT2D eigenvalue weighted by molar-refractivity contribution is 6.09. The predicted octanol–water partition coefficient (Wildman–Crippen LogP) is 0.838. The van der Waals surface area contributed by atoms with E-state index in [-0.39, 0.29) is 13.2 Å². The zero-order chi connectivity index (χ0) is 10.4. The third-order valence-electron chi connectivity index (χ3n) is 2.26. The molecule has 0 aliphatic heterocycles. The first-order valence-corrected chi connectivity index (χ1v) is 4.65. The quantitative estimate of drug-likeness (QED) is 0.462. The van der Waals surface area contributed by atoms with Crippen LogP contribution < -0.4 is 0 Å². The Morgan fingerprint density at radius 1 is 1.21 bits per heavy atom. The van der Waals surface area contributed by atoms with Gasteiger partial charge < -0.3 is 15.4 Å². The van der Waals surface area contributed by atoms with Gasteiger partial charge in [-0.25, -0.2) is 0 Å². The lowest BCUT2D eigenvalue weighted by molar-refractivity contribution is 0.292. The molecular formula is C10H15NO3. The van der Waals surface area contributed by atoms with Crippen molar-refractivity contribution >= 4 is 5.71 Å². The van der Waals surface area contributed by atoms with Crippen LogP contribution in [0.15, 0.2) is 28.5 Å². The molecule has 0 bridgehead atoms. The zero-order valence-corrected chi connectivity index (χ0v) is 7.98. The average molecular weight is 197 g/mol. The lowest BCUT2D eigenvalue weighted by Crippen LogP contribution is -2.10. The summed E-state index contributed by atoms with van der Waals surface area (Å²) in [4.78, 5) is 0. The monoisotopic (exact) mass is 197 g/mol. The van der Waals surface area contributed by atoms with Crippen LogP contribution in [0.4, 0.5) is 0 Å². The summed E-state index contributed by atoms with van der Waals surface area (Å²) in [6.45, 7) is 0.105. The fraction of sp³-hybridized carbons (Fsp3) is 0.500. The smallest absolute Gasteiger partial charge is 0.105 e. The highest BCUT2D eigenvalue weighted by Gasteiger charge is 2.14. The molecule has 0 amide bonds. The van der Waals surface area contributed by atoms with Crippen molar-refractivity contribution in [3.05, 3.63) is 23.3 Å². The molecule has 0 aromatic rings. The Labute approximate surface area is 82.9 Å². The maximum absolute atomic E-state index is 8.86. The first kappa shape index (κ1) is 10.9. The lowest BCUT2D eigenvalue weighted by atomic mass is 9.91. The number of rotatable bonds is 4. The minimum Gasteiger partial charge on any atom is -0.410 e. The van der Waals surface area contributed by atoms with Crippen LogP contribution in [0.25, 0.3) is 0 Å². The van der Waals surface area contributed by atoms with E-state index in [1.807, 2.05) is 6.08 Å². The van der Waals surface area contributed by atoms with Gasteiger partial charge in [0.25, 0.3) is 0 Å². The van der Waals surface area contributed by atoms with Crippen LogP contribution >= 0.6 is 0 Å². The third-order valence-corrected chi connectivity index (χ3v) is 2.26. The summed E-state index contributed by atoms with van der Waals surface area (Å²) in [7, 11) is 0. The Hall–Kier alpha value is -1.13. The van der Waals surface area contributed by atoms with Gasteiger partial charge >= 0.3 is 0 Å². The van der Waals surface area contributed by atoms with E-state index in [4.69, 9.17) is 15.4 Å². The molecule has 1 rings (SSSR count). The number of nitrogens with zero attached hydrogens (tertiary/aromatic N) is 1. The SMILES string of the molecule is OCCC1=C(CCO)C(=NO)C=CC1. The molecule has 14 heavy (non-hydrogen) atoms. The molecule has 0 spiro atoms. The van der Waals surface area contributed by atoms with E-state index in [0.29, 0.717) is 18.6 Å². The molecule has 4 heteroatoms. The van der Waals surface area contributed by atoms with Crippen molar-refractivity contribution in [2.24, 2.45) is 5.16 Å². The van der Waals surface area contributed by atoms with Gasteiger partial charge in [-0.05, 0) is 30.9 Å². The Bertz CT molecular complexity index is 279. The van der Waals surface area contributed by atoms with Gasteiger partial charge in [0.05, 0.1) is 0 Å². The maximum atomic E-state index is 8.86. The van der Waals surface area contributed by atoms with Crippen molar-refractivity contribution in [3.63, 3.8) is 0 Å². The molecule has 0 heterocycles. The van der Waals surface area contributed by atoms with Gasteiger partial charge in [-0.3, -0.25) is 0 Å². The minimum absolute atomic E-state index is 0.0249. The summed E-state index contributed by atoms with van der Waals surface area (Å²) in [6, 6.07) is 0. The molecule has 0 aromatic heterocycles. The van der Waals surface area contributed by atoms with Crippen LogP contribution in [0.1, 0.15) is 19.3 Å². The van der Waals surface area contributed by atoms with Gasteiger partial charge in [0.2, 0.25) is 0 Å². The third kappa shape index (κ3) is 2.43. The van der Waals surface area contributed by atoms with Crippen LogP contribution in [-0.4, -0.2) is 34.3 Å². The topological polar surface area (TPSA) is 73.0 Å². The van der Waals surface area contributed by atoms with E-state index in [9.17, 15) is 0 Å². The Kier molecular flexibility index (Phi) is 4.35. The Balaban J connectivity index is 2.90. The molecule has 0 radical (unpaired) electrons. The zero-order valence-electron chi connectivity index (χ0n) is 7.98. The second-order valence-corrected chi connectivity index (χ2v) is 3.12. The second-order valence-electron chi connectivity index (χ2n) is 3.12. The molecule has 0 atom stereocenters. The fourth-order valence-corrected chi connectivity index (χ4v) is 1.62. The van der Waals surface area contributed by atoms with Crippen LogP contribution in [0, 0.1) is 0 Å². The maximum Gasteiger partial charge on any atom is 0.105 e. The van der Waals surface area contributed by atoms with Crippen LogP contribution in [0.3, 0.4) is 0 Å². The van der Waals surface area contributed by atoms with E-state index in [1.54, 1.807) is 6.08 Å². The molecule has 0 saturated carbocycles. The summed E-state index contributed by atoms with van der Waals surface area (Å²) in [5.41, 5.74) is 2.39. The largest absolute Gasteiger partial charge is 0.410 e. The van der Waals surface area contributed by atoms with Gasteiger partial charge in [0.15, 0.2) is 0 Å². The summed E-state index contributed by atoms with van der Waals surface area (Å²) in [5.74, 6) is 0. The molecular weight excluding hydrogens is 182 g/mol. The number of oxime groups is 1. The molecule has 78 valence electrons. The summed E-state index contributed by atoms with van der Waals surface area (Å²) in [6.07, 6.45) is 5.42. The van der Waals surface area contributed by atoms with Crippen molar-refractivity contribution in [1.29, 1.82) is 0 Å². The van der Waals surface area contributed by atoms with Crippen molar-refractivity contribution < 1.29 is 15.4 Å². The van der Waals surface area contributed by atoms with Crippen molar-refractivity contribution in [3.8, 4) is 0 Å². The fourth-order valence-electron chi connectivity index (χ4n) is 1.62. The minimum atomic E-state index is 0.0249. The van der Waals surface area contributed by atoms with E-state index < -0.39 is 0 Å². The molecule has 0 unspecified atom stereocenters. The number of hydrogen-bond donors (Lipinski definition) is 3. The molecule has 0 saturated heterocycles. The van der Waals surface area contributed by atoms with Crippen molar-refractivity contribution in [1.82, 2.24) is 0 Å². The van der Waals surface area contributed by atoms with E-state index in [1.165, 1.54) is 0 Å². The van der Waals surface area contributed by atoms with Crippen LogP contribution in [0.5, 0.6) is 0 Å². The predicted molar refractivity (Wildman–Crippen MR) is 53.4 cm³/mol. The highest BCUT2D eigenvalue weighted by Crippen LogP contribution is 2.22. The van der Waals surface area contributed by atoms with E-state index in [0.717, 1.165) is 17.6 Å². The molecule has 1 aliphatic rings. The normalized spacial score (nSPS) is 19.4. The standard InChI is InChI=1S/C10H15NO3/c12-6-4-8-2-1-3-10(11-14)9(8)5-7-13/h1,3,12-14H,2,4-7H2. The number of allylic oxidation sites excluding steroid dienone is 2. The van der Waals surface area contributed by atoms with Crippen molar-refractivity contribution in [2.45, 2.75) is 19.3 Å². The number of aliphatic hydroxyl groups is 2. The van der Waals surface area contributed by atoms with Gasteiger partial charge in [-0.1, -0.05) is 16.8 Å². The molecule has 0 fully saturated rings. The van der Waals surface area contributed by atoms with Gasteiger partial charge in [-0.15, -0.1) is 0 Å². The Morgan fingerprint density at radius 2 is 1.93 bits per heavy atom. The van der Waals surface area contributed by atoms with Gasteiger partial charge in [-0.2, -0.15) is 0 Å². The lowest BCUT2D eigenvalue weighted by Gasteiger charge is -2.16. The van der Waals surface area contributed by atoms with Crippen LogP contribution in [0.2, 0.25) is 0 Å². The second kappa shape index (κ2) is 5.57. The summed E-state index contributed by atoms with van der Waals surface area (Å²) >= 11 is 0. The first-order valence-electron chi connectivity index (χ1n) is 4.65. The van der Waals surface area contributed by atoms with Crippen LogP contribution in [-0.2, 0) is 0 Å². The number of aliphatic hydroxyl groups excluding tert-OH is 2. The average Bonchev–Trinajstić information content (AvgIpc) is 2.21. The highest BCUT2D eigenvalue weighted by atomic mass is 16.4. The number of hydrogen-bond acceptors (Lipinski definition) is 4.